The van der Waals surface area contributed by atoms with Gasteiger partial charge in [-0.2, -0.15) is 0 Å². The zero-order valence-corrected chi connectivity index (χ0v) is 14.1. The van der Waals surface area contributed by atoms with Crippen LogP contribution in [0.15, 0.2) is 85.5 Å². The van der Waals surface area contributed by atoms with E-state index >= 15 is 0 Å². The third-order valence-electron chi connectivity index (χ3n) is 4.34. The summed E-state index contributed by atoms with van der Waals surface area (Å²) in [6, 6.07) is 18.5. The molecule has 0 bridgehead atoms. The molecular weight excluding hydrogens is 290 g/mol. The summed E-state index contributed by atoms with van der Waals surface area (Å²) in [4.78, 5) is 0. The van der Waals surface area contributed by atoms with Gasteiger partial charge in [-0.3, -0.25) is 0 Å². The Bertz CT molecular complexity index is 805. The minimum absolute atomic E-state index is 0.635. The van der Waals surface area contributed by atoms with E-state index in [9.17, 15) is 0 Å². The fraction of sp³-hybridized carbons (Fsp3) is 0.130. The van der Waals surface area contributed by atoms with Gasteiger partial charge in [0.25, 0.3) is 0 Å². The molecule has 120 valence electrons. The Kier molecular flexibility index (Phi) is 4.81. The van der Waals surface area contributed by atoms with Crippen molar-refractivity contribution < 1.29 is 0 Å². The molecule has 0 saturated heterocycles. The number of nitrogens with two attached hydrogens (primary N) is 1. The van der Waals surface area contributed by atoms with Crippen molar-refractivity contribution in [3.8, 4) is 0 Å². The molecule has 0 amide bonds. The Morgan fingerprint density at radius 1 is 1.04 bits per heavy atom. The molecule has 1 aliphatic carbocycles. The van der Waals surface area contributed by atoms with E-state index in [0.717, 1.165) is 28.8 Å². The Hall–Kier alpha value is -2.80. The molecule has 1 aliphatic rings. The predicted molar refractivity (Wildman–Crippen MR) is 105 cm³/mol. The van der Waals surface area contributed by atoms with Gasteiger partial charge in [-0.15, -0.1) is 0 Å². The zero-order valence-electron chi connectivity index (χ0n) is 14.1. The molecule has 0 heterocycles. The van der Waals surface area contributed by atoms with Crippen LogP contribution in [-0.4, -0.2) is 0 Å². The van der Waals surface area contributed by atoms with Gasteiger partial charge in [0.05, 0.1) is 0 Å². The van der Waals surface area contributed by atoms with Crippen molar-refractivity contribution in [2.75, 3.05) is 0 Å². The minimum Gasteiger partial charge on any atom is -0.398 e. The van der Waals surface area contributed by atoms with Crippen LogP contribution in [0.1, 0.15) is 30.0 Å². The van der Waals surface area contributed by atoms with Crippen molar-refractivity contribution in [1.29, 1.82) is 0 Å². The number of rotatable bonds is 4. The number of hydrogen-bond acceptors (Lipinski definition) is 1. The SMILES string of the molecule is C=C(/C=C(\N)c1ccc(C2=CCC(C)C=C2)cc1)c1ccccc1. The van der Waals surface area contributed by atoms with Gasteiger partial charge in [0, 0.05) is 5.70 Å². The lowest BCUT2D eigenvalue weighted by Gasteiger charge is -2.12. The monoisotopic (exact) mass is 313 g/mol. The number of hydrogen-bond donors (Lipinski definition) is 1. The third-order valence-corrected chi connectivity index (χ3v) is 4.34. The van der Waals surface area contributed by atoms with Crippen LogP contribution in [0, 0.1) is 5.92 Å². The van der Waals surface area contributed by atoms with Crippen LogP contribution in [0.4, 0.5) is 0 Å². The first-order valence-corrected chi connectivity index (χ1v) is 8.34. The summed E-state index contributed by atoms with van der Waals surface area (Å²) < 4.78 is 0. The molecule has 24 heavy (non-hydrogen) atoms. The lowest BCUT2D eigenvalue weighted by atomic mass is 9.93. The van der Waals surface area contributed by atoms with E-state index in [-0.39, 0.29) is 0 Å². The van der Waals surface area contributed by atoms with Crippen LogP contribution in [0.5, 0.6) is 0 Å². The summed E-state index contributed by atoms with van der Waals surface area (Å²) >= 11 is 0. The molecule has 0 saturated carbocycles. The first-order valence-electron chi connectivity index (χ1n) is 8.34. The van der Waals surface area contributed by atoms with Gasteiger partial charge in [-0.1, -0.05) is 86.3 Å². The molecule has 1 unspecified atom stereocenters. The second kappa shape index (κ2) is 7.18. The highest BCUT2D eigenvalue weighted by Crippen LogP contribution is 2.25. The molecule has 2 N–H and O–H groups in total. The molecule has 0 radical (unpaired) electrons. The normalized spacial score (nSPS) is 17.5. The molecule has 0 fully saturated rings. The maximum absolute atomic E-state index is 6.25. The highest BCUT2D eigenvalue weighted by Gasteiger charge is 2.06. The summed E-state index contributed by atoms with van der Waals surface area (Å²) in [6.07, 6.45) is 9.81. The first kappa shape index (κ1) is 16.1. The third kappa shape index (κ3) is 3.75. The molecule has 2 aromatic carbocycles. The summed E-state index contributed by atoms with van der Waals surface area (Å²) in [6.45, 7) is 6.35. The van der Waals surface area contributed by atoms with Gasteiger partial charge in [0.15, 0.2) is 0 Å². The van der Waals surface area contributed by atoms with E-state index in [2.05, 4.69) is 56.0 Å². The molecule has 3 rings (SSSR count). The van der Waals surface area contributed by atoms with Crippen LogP contribution in [0.2, 0.25) is 0 Å². The molecule has 2 aromatic rings. The second-order valence-electron chi connectivity index (χ2n) is 6.30. The van der Waals surface area contributed by atoms with Gasteiger partial charge in [0.1, 0.15) is 0 Å². The maximum Gasteiger partial charge on any atom is 0.0393 e. The standard InChI is InChI=1S/C23H23N/c1-17-8-10-20(11-9-17)21-12-14-22(15-13-21)23(24)16-18(2)19-6-4-3-5-7-19/h3-8,10-17H,2,9,24H2,1H3/b23-16-. The maximum atomic E-state index is 6.25. The fourth-order valence-corrected chi connectivity index (χ4v) is 2.80. The van der Waals surface area contributed by atoms with E-state index in [4.69, 9.17) is 5.73 Å². The van der Waals surface area contributed by atoms with Crippen molar-refractivity contribution in [1.82, 2.24) is 0 Å². The first-order chi connectivity index (χ1) is 11.6. The van der Waals surface area contributed by atoms with E-state index < -0.39 is 0 Å². The van der Waals surface area contributed by atoms with E-state index in [1.165, 1.54) is 11.1 Å². The van der Waals surface area contributed by atoms with Crippen LogP contribution in [0.3, 0.4) is 0 Å². The lowest BCUT2D eigenvalue weighted by Crippen LogP contribution is -1.98. The Labute approximate surface area is 144 Å². The lowest BCUT2D eigenvalue weighted by molar-refractivity contribution is 0.739. The van der Waals surface area contributed by atoms with Crippen molar-refractivity contribution in [2.24, 2.45) is 11.7 Å². The molecule has 1 atom stereocenters. The van der Waals surface area contributed by atoms with Crippen molar-refractivity contribution in [2.45, 2.75) is 13.3 Å². The van der Waals surface area contributed by atoms with Crippen LogP contribution >= 0.6 is 0 Å². The quantitative estimate of drug-likeness (QED) is 0.722. The highest BCUT2D eigenvalue weighted by atomic mass is 14.6. The molecule has 1 heteroatoms. The van der Waals surface area contributed by atoms with Gasteiger partial charge < -0.3 is 5.73 Å². The highest BCUT2D eigenvalue weighted by molar-refractivity contribution is 5.82. The zero-order chi connectivity index (χ0) is 16.9. The molecule has 0 aliphatic heterocycles. The predicted octanol–water partition coefficient (Wildman–Crippen LogP) is 5.68. The van der Waals surface area contributed by atoms with Crippen LogP contribution < -0.4 is 5.73 Å². The summed E-state index contributed by atoms with van der Waals surface area (Å²) in [5.74, 6) is 0.635. The van der Waals surface area contributed by atoms with Gasteiger partial charge in [-0.25, -0.2) is 0 Å². The van der Waals surface area contributed by atoms with Gasteiger partial charge in [-0.05, 0) is 46.3 Å². The Morgan fingerprint density at radius 3 is 2.38 bits per heavy atom. The summed E-state index contributed by atoms with van der Waals surface area (Å²) in [5.41, 5.74) is 12.5. The molecule has 0 spiro atoms. The van der Waals surface area contributed by atoms with Crippen LogP contribution in [0.25, 0.3) is 16.8 Å². The second-order valence-corrected chi connectivity index (χ2v) is 6.30. The smallest absolute Gasteiger partial charge is 0.0393 e. The average molecular weight is 313 g/mol. The topological polar surface area (TPSA) is 26.0 Å². The molecular formula is C23H23N. The number of allylic oxidation sites excluding steroid dienone is 6. The number of benzene rings is 2. The summed E-state index contributed by atoms with van der Waals surface area (Å²) in [7, 11) is 0. The van der Waals surface area contributed by atoms with Crippen LogP contribution in [-0.2, 0) is 0 Å². The van der Waals surface area contributed by atoms with Crippen molar-refractivity contribution >= 4 is 16.8 Å². The molecule has 0 aromatic heterocycles. The van der Waals surface area contributed by atoms with E-state index in [1.54, 1.807) is 0 Å². The van der Waals surface area contributed by atoms with Gasteiger partial charge in [0.2, 0.25) is 0 Å². The van der Waals surface area contributed by atoms with E-state index in [0.29, 0.717) is 5.92 Å². The minimum atomic E-state index is 0.635. The average Bonchev–Trinajstić information content (AvgIpc) is 2.63. The van der Waals surface area contributed by atoms with E-state index in [1.807, 2.05) is 36.4 Å². The largest absolute Gasteiger partial charge is 0.398 e. The fourth-order valence-electron chi connectivity index (χ4n) is 2.80. The Morgan fingerprint density at radius 2 is 1.75 bits per heavy atom. The van der Waals surface area contributed by atoms with Gasteiger partial charge >= 0.3 is 0 Å². The Balaban J connectivity index is 1.77. The molecule has 1 nitrogen and oxygen atoms in total. The van der Waals surface area contributed by atoms with Crippen molar-refractivity contribution in [3.05, 3.63) is 102 Å². The summed E-state index contributed by atoms with van der Waals surface area (Å²) in [5, 5.41) is 0. The van der Waals surface area contributed by atoms with Crippen molar-refractivity contribution in [3.63, 3.8) is 0 Å².